The van der Waals surface area contributed by atoms with E-state index in [1.807, 2.05) is 0 Å². The molecule has 0 aliphatic carbocycles. The molecule has 1 fully saturated rings. The molecule has 0 N–H and O–H groups in total. The average molecular weight is 265 g/mol. The third-order valence-electron chi connectivity index (χ3n) is 3.34. The first-order valence-corrected chi connectivity index (χ1v) is 6.55. The van der Waals surface area contributed by atoms with Crippen molar-refractivity contribution in [2.24, 2.45) is 0 Å². The Kier molecular flexibility index (Phi) is 4.05. The van der Waals surface area contributed by atoms with Crippen molar-refractivity contribution >= 4 is 17.4 Å². The van der Waals surface area contributed by atoms with E-state index in [0.29, 0.717) is 16.6 Å². The molecule has 1 aliphatic rings. The Morgan fingerprint density at radius 1 is 1.33 bits per heavy atom. The lowest BCUT2D eigenvalue weighted by atomic mass is 10.2. The third kappa shape index (κ3) is 2.58. The highest BCUT2D eigenvalue weighted by molar-refractivity contribution is 6.34. The summed E-state index contributed by atoms with van der Waals surface area (Å²) in [5.74, 6) is 0.735. The zero-order valence-corrected chi connectivity index (χ0v) is 11.5. The number of piperazine rings is 1. The minimum Gasteiger partial charge on any atom is -0.353 e. The van der Waals surface area contributed by atoms with Gasteiger partial charge in [0.2, 0.25) is 0 Å². The van der Waals surface area contributed by atoms with Gasteiger partial charge in [-0.1, -0.05) is 11.6 Å². The molecule has 2 rings (SSSR count). The number of anilines is 1. The number of nitrogens with zero attached hydrogens (tertiary/aromatic N) is 4. The van der Waals surface area contributed by atoms with Crippen LogP contribution in [0, 0.1) is 11.3 Å². The van der Waals surface area contributed by atoms with Crippen molar-refractivity contribution in [3.05, 3.63) is 22.8 Å². The zero-order valence-electron chi connectivity index (χ0n) is 10.7. The van der Waals surface area contributed by atoms with Gasteiger partial charge in [-0.3, -0.25) is 4.90 Å². The van der Waals surface area contributed by atoms with Gasteiger partial charge in [-0.15, -0.1) is 0 Å². The topological polar surface area (TPSA) is 43.2 Å². The summed E-state index contributed by atoms with van der Waals surface area (Å²) in [6.07, 6.45) is 1.65. The van der Waals surface area contributed by atoms with Crippen LogP contribution in [0.15, 0.2) is 12.3 Å². The van der Waals surface area contributed by atoms with Crippen LogP contribution >= 0.6 is 11.6 Å². The van der Waals surface area contributed by atoms with E-state index in [-0.39, 0.29) is 0 Å². The minimum absolute atomic E-state index is 0.470. The van der Waals surface area contributed by atoms with Crippen LogP contribution in [0.1, 0.15) is 19.4 Å². The van der Waals surface area contributed by atoms with Gasteiger partial charge in [0, 0.05) is 38.4 Å². The third-order valence-corrected chi connectivity index (χ3v) is 3.71. The molecule has 4 nitrogen and oxygen atoms in total. The number of hydrogen-bond donors (Lipinski definition) is 0. The second-order valence-corrected chi connectivity index (χ2v) is 5.10. The van der Waals surface area contributed by atoms with Crippen LogP contribution in [-0.4, -0.2) is 42.1 Å². The van der Waals surface area contributed by atoms with Gasteiger partial charge < -0.3 is 4.90 Å². The maximum Gasteiger partial charge on any atom is 0.148 e. The van der Waals surface area contributed by atoms with Crippen molar-refractivity contribution in [3.8, 4) is 6.07 Å². The first kappa shape index (κ1) is 13.1. The Morgan fingerprint density at radius 3 is 2.56 bits per heavy atom. The molecule has 0 amide bonds. The Labute approximate surface area is 113 Å². The van der Waals surface area contributed by atoms with Crippen LogP contribution < -0.4 is 4.90 Å². The Hall–Kier alpha value is -1.31. The van der Waals surface area contributed by atoms with Gasteiger partial charge in [0.15, 0.2) is 0 Å². The van der Waals surface area contributed by atoms with Crippen molar-refractivity contribution in [1.29, 1.82) is 5.26 Å². The molecule has 2 heterocycles. The molecule has 1 aliphatic heterocycles. The van der Waals surface area contributed by atoms with Gasteiger partial charge in [0.05, 0.1) is 5.56 Å². The smallest absolute Gasteiger partial charge is 0.148 e. The van der Waals surface area contributed by atoms with Crippen LogP contribution in [0.2, 0.25) is 5.02 Å². The van der Waals surface area contributed by atoms with Crippen LogP contribution in [0.4, 0.5) is 5.82 Å². The molecule has 18 heavy (non-hydrogen) atoms. The van der Waals surface area contributed by atoms with Crippen molar-refractivity contribution in [2.45, 2.75) is 19.9 Å². The Balaban J connectivity index is 2.13. The molecule has 1 aromatic rings. The van der Waals surface area contributed by atoms with Gasteiger partial charge in [-0.25, -0.2) is 4.98 Å². The largest absolute Gasteiger partial charge is 0.353 e. The number of rotatable bonds is 2. The molecule has 0 bridgehead atoms. The maximum absolute atomic E-state index is 8.97. The molecule has 0 aromatic carbocycles. The van der Waals surface area contributed by atoms with Crippen LogP contribution in [0.3, 0.4) is 0 Å². The normalized spacial score (nSPS) is 16.9. The summed E-state index contributed by atoms with van der Waals surface area (Å²) in [4.78, 5) is 8.89. The van der Waals surface area contributed by atoms with E-state index in [1.54, 1.807) is 12.3 Å². The number of aromatic nitrogens is 1. The lowest BCUT2D eigenvalue weighted by molar-refractivity contribution is 0.209. The molecular formula is C13H17ClN4. The van der Waals surface area contributed by atoms with Gasteiger partial charge >= 0.3 is 0 Å². The number of nitriles is 1. The summed E-state index contributed by atoms with van der Waals surface area (Å²) >= 11 is 6.20. The molecule has 5 heteroatoms. The first-order valence-electron chi connectivity index (χ1n) is 6.17. The first-order chi connectivity index (χ1) is 8.63. The SMILES string of the molecule is CC(C)N1CCN(c2nccc(C#N)c2Cl)CC1. The van der Waals surface area contributed by atoms with E-state index in [4.69, 9.17) is 16.9 Å². The Bertz CT molecular complexity index is 459. The highest BCUT2D eigenvalue weighted by Crippen LogP contribution is 2.27. The van der Waals surface area contributed by atoms with E-state index >= 15 is 0 Å². The van der Waals surface area contributed by atoms with Gasteiger partial charge in [0.1, 0.15) is 16.9 Å². The summed E-state index contributed by atoms with van der Waals surface area (Å²) in [5, 5.41) is 9.44. The Morgan fingerprint density at radius 2 is 2.00 bits per heavy atom. The molecule has 0 saturated carbocycles. The van der Waals surface area contributed by atoms with Crippen LogP contribution in [-0.2, 0) is 0 Å². The summed E-state index contributed by atoms with van der Waals surface area (Å²) in [6, 6.07) is 4.31. The van der Waals surface area contributed by atoms with Gasteiger partial charge in [-0.2, -0.15) is 5.26 Å². The molecular weight excluding hydrogens is 248 g/mol. The fourth-order valence-electron chi connectivity index (χ4n) is 2.19. The molecule has 0 unspecified atom stereocenters. The lowest BCUT2D eigenvalue weighted by Crippen LogP contribution is -2.49. The van der Waals surface area contributed by atoms with E-state index in [2.05, 4.69) is 34.7 Å². The highest BCUT2D eigenvalue weighted by atomic mass is 35.5. The molecule has 96 valence electrons. The summed E-state index contributed by atoms with van der Waals surface area (Å²) in [5.41, 5.74) is 0.493. The number of halogens is 1. The predicted molar refractivity (Wildman–Crippen MR) is 72.9 cm³/mol. The van der Waals surface area contributed by atoms with Crippen molar-refractivity contribution in [3.63, 3.8) is 0 Å². The quantitative estimate of drug-likeness (QED) is 0.821. The van der Waals surface area contributed by atoms with E-state index in [0.717, 1.165) is 32.0 Å². The van der Waals surface area contributed by atoms with Crippen LogP contribution in [0.25, 0.3) is 0 Å². The molecule has 1 aromatic heterocycles. The predicted octanol–water partition coefficient (Wildman–Crippen LogP) is 2.14. The fraction of sp³-hybridized carbons (Fsp3) is 0.538. The zero-order chi connectivity index (χ0) is 13.1. The molecule has 1 saturated heterocycles. The van der Waals surface area contributed by atoms with E-state index < -0.39 is 0 Å². The summed E-state index contributed by atoms with van der Waals surface area (Å²) < 4.78 is 0. The van der Waals surface area contributed by atoms with Crippen molar-refractivity contribution in [2.75, 3.05) is 31.1 Å². The molecule has 0 radical (unpaired) electrons. The summed E-state index contributed by atoms with van der Waals surface area (Å²) in [6.45, 7) is 8.23. The fourth-order valence-corrected chi connectivity index (χ4v) is 2.46. The molecule has 0 atom stereocenters. The van der Waals surface area contributed by atoms with Crippen molar-refractivity contribution in [1.82, 2.24) is 9.88 Å². The van der Waals surface area contributed by atoms with Gasteiger partial charge in [-0.05, 0) is 19.9 Å². The highest BCUT2D eigenvalue weighted by Gasteiger charge is 2.22. The molecule has 0 spiro atoms. The minimum atomic E-state index is 0.470. The maximum atomic E-state index is 8.97. The second kappa shape index (κ2) is 5.55. The van der Waals surface area contributed by atoms with Crippen LogP contribution in [0.5, 0.6) is 0 Å². The summed E-state index contributed by atoms with van der Waals surface area (Å²) in [7, 11) is 0. The average Bonchev–Trinajstić information content (AvgIpc) is 2.39. The van der Waals surface area contributed by atoms with E-state index in [1.165, 1.54) is 0 Å². The van der Waals surface area contributed by atoms with Crippen molar-refractivity contribution < 1.29 is 0 Å². The second-order valence-electron chi connectivity index (χ2n) is 4.72. The number of pyridine rings is 1. The van der Waals surface area contributed by atoms with E-state index in [9.17, 15) is 0 Å². The van der Waals surface area contributed by atoms with Gasteiger partial charge in [0.25, 0.3) is 0 Å². The monoisotopic (exact) mass is 264 g/mol. The lowest BCUT2D eigenvalue weighted by Gasteiger charge is -2.37. The standard InChI is InChI=1S/C13H17ClN4/c1-10(2)17-5-7-18(8-6-17)13-12(14)11(9-15)3-4-16-13/h3-4,10H,5-8H2,1-2H3. The number of hydrogen-bond acceptors (Lipinski definition) is 4.